The molecular formula is C13H24N2O4. The molecule has 1 rings (SSSR count). The first-order valence-electron chi connectivity index (χ1n) is 6.72. The van der Waals surface area contributed by atoms with Gasteiger partial charge in [0.2, 0.25) is 0 Å². The van der Waals surface area contributed by atoms with Gasteiger partial charge in [-0.3, -0.25) is 4.79 Å². The Bertz CT molecular complexity index is 320. The number of carbonyl (C=O) groups excluding carboxylic acids is 1. The summed E-state index contributed by atoms with van der Waals surface area (Å²) in [5, 5.41) is 11.9. The van der Waals surface area contributed by atoms with Crippen LogP contribution in [-0.4, -0.2) is 54.9 Å². The lowest BCUT2D eigenvalue weighted by atomic mass is 9.98. The van der Waals surface area contributed by atoms with E-state index in [2.05, 4.69) is 5.32 Å². The van der Waals surface area contributed by atoms with Crippen molar-refractivity contribution in [2.75, 3.05) is 26.8 Å². The molecule has 1 unspecified atom stereocenters. The number of nitrogens with zero attached hydrogens (tertiary/aromatic N) is 1. The Morgan fingerprint density at radius 1 is 1.47 bits per heavy atom. The van der Waals surface area contributed by atoms with Gasteiger partial charge in [-0.05, 0) is 18.8 Å². The van der Waals surface area contributed by atoms with Gasteiger partial charge < -0.3 is 20.1 Å². The standard InChI is InChI=1S/C13H24N2O4/c1-9(2)11(8-19-3)14-13(18)15-6-4-5-10(7-15)12(16)17/h9-11H,4-8H2,1-3H3,(H,14,18)(H,16,17)/t10-,11?/m1/s1. The van der Waals surface area contributed by atoms with Crippen molar-refractivity contribution >= 4 is 12.0 Å². The van der Waals surface area contributed by atoms with E-state index in [0.29, 0.717) is 26.1 Å². The highest BCUT2D eigenvalue weighted by Gasteiger charge is 2.29. The van der Waals surface area contributed by atoms with Gasteiger partial charge in [0.05, 0.1) is 18.6 Å². The summed E-state index contributed by atoms with van der Waals surface area (Å²) in [7, 11) is 1.60. The van der Waals surface area contributed by atoms with Gasteiger partial charge in [-0.25, -0.2) is 4.79 Å². The van der Waals surface area contributed by atoms with Crippen LogP contribution >= 0.6 is 0 Å². The van der Waals surface area contributed by atoms with Crippen molar-refractivity contribution in [2.45, 2.75) is 32.7 Å². The lowest BCUT2D eigenvalue weighted by Crippen LogP contribution is -2.52. The van der Waals surface area contributed by atoms with Crippen molar-refractivity contribution in [2.24, 2.45) is 11.8 Å². The van der Waals surface area contributed by atoms with Crippen LogP contribution < -0.4 is 5.32 Å². The first kappa shape index (κ1) is 15.8. The predicted octanol–water partition coefficient (Wildman–Crippen LogP) is 1.16. The van der Waals surface area contributed by atoms with Crippen LogP contribution in [0.1, 0.15) is 26.7 Å². The molecule has 1 aliphatic rings. The normalized spacial score (nSPS) is 21.3. The summed E-state index contributed by atoms with van der Waals surface area (Å²) in [6.45, 7) is 5.40. The number of piperidine rings is 1. The Balaban J connectivity index is 2.54. The summed E-state index contributed by atoms with van der Waals surface area (Å²) < 4.78 is 5.09. The number of carbonyl (C=O) groups is 2. The highest BCUT2D eigenvalue weighted by Crippen LogP contribution is 2.17. The summed E-state index contributed by atoms with van der Waals surface area (Å²) >= 11 is 0. The van der Waals surface area contributed by atoms with E-state index in [-0.39, 0.29) is 18.0 Å². The first-order chi connectivity index (χ1) is 8.95. The average molecular weight is 272 g/mol. The molecule has 2 N–H and O–H groups in total. The van der Waals surface area contributed by atoms with Crippen LogP contribution in [-0.2, 0) is 9.53 Å². The number of hydrogen-bond donors (Lipinski definition) is 2. The first-order valence-corrected chi connectivity index (χ1v) is 6.72. The number of nitrogens with one attached hydrogen (secondary N) is 1. The molecule has 1 aliphatic heterocycles. The zero-order chi connectivity index (χ0) is 14.4. The molecule has 6 heteroatoms. The molecule has 0 radical (unpaired) electrons. The molecule has 1 heterocycles. The van der Waals surface area contributed by atoms with Crippen LogP contribution in [0.2, 0.25) is 0 Å². The van der Waals surface area contributed by atoms with Crippen molar-refractivity contribution < 1.29 is 19.4 Å². The summed E-state index contributed by atoms with van der Waals surface area (Å²) in [6, 6.07) is -0.246. The van der Waals surface area contributed by atoms with Crippen molar-refractivity contribution in [1.82, 2.24) is 10.2 Å². The van der Waals surface area contributed by atoms with Gasteiger partial charge in [0, 0.05) is 20.2 Å². The second-order valence-corrected chi connectivity index (χ2v) is 5.38. The van der Waals surface area contributed by atoms with Crippen LogP contribution in [0.25, 0.3) is 0 Å². The number of rotatable bonds is 5. The number of carboxylic acids is 1. The second-order valence-electron chi connectivity index (χ2n) is 5.38. The van der Waals surface area contributed by atoms with Gasteiger partial charge in [-0.15, -0.1) is 0 Å². The van der Waals surface area contributed by atoms with Crippen molar-refractivity contribution in [3.63, 3.8) is 0 Å². The minimum absolute atomic E-state index is 0.0531. The number of aliphatic carboxylic acids is 1. The van der Waals surface area contributed by atoms with Crippen LogP contribution in [0.5, 0.6) is 0 Å². The molecule has 110 valence electrons. The maximum absolute atomic E-state index is 12.1. The Kier molecular flexibility index (Phi) is 6.08. The number of urea groups is 1. The zero-order valence-corrected chi connectivity index (χ0v) is 11.9. The van der Waals surface area contributed by atoms with Crippen molar-refractivity contribution in [3.05, 3.63) is 0 Å². The summed E-state index contributed by atoms with van der Waals surface area (Å²) in [6.07, 6.45) is 1.38. The topological polar surface area (TPSA) is 78.9 Å². The van der Waals surface area contributed by atoms with E-state index in [0.717, 1.165) is 6.42 Å². The van der Waals surface area contributed by atoms with Gasteiger partial charge >= 0.3 is 12.0 Å². The second kappa shape index (κ2) is 7.33. The number of ether oxygens (including phenoxy) is 1. The van der Waals surface area contributed by atoms with E-state index in [4.69, 9.17) is 9.84 Å². The van der Waals surface area contributed by atoms with Crippen LogP contribution in [0, 0.1) is 11.8 Å². The van der Waals surface area contributed by atoms with E-state index in [9.17, 15) is 9.59 Å². The number of likely N-dealkylation sites (tertiary alicyclic amines) is 1. The number of methoxy groups -OCH3 is 1. The average Bonchev–Trinajstić information content (AvgIpc) is 2.38. The molecule has 1 saturated heterocycles. The molecule has 0 aliphatic carbocycles. The smallest absolute Gasteiger partial charge is 0.317 e. The number of hydrogen-bond acceptors (Lipinski definition) is 3. The Morgan fingerprint density at radius 2 is 2.16 bits per heavy atom. The molecule has 6 nitrogen and oxygen atoms in total. The minimum atomic E-state index is -0.824. The maximum atomic E-state index is 12.1. The van der Waals surface area contributed by atoms with Crippen LogP contribution in [0.3, 0.4) is 0 Å². The van der Waals surface area contributed by atoms with Crippen LogP contribution in [0.4, 0.5) is 4.79 Å². The van der Waals surface area contributed by atoms with E-state index in [1.54, 1.807) is 12.0 Å². The minimum Gasteiger partial charge on any atom is -0.481 e. The Labute approximate surface area is 114 Å². The molecule has 2 amide bonds. The quantitative estimate of drug-likeness (QED) is 0.787. The monoisotopic (exact) mass is 272 g/mol. The summed E-state index contributed by atoms with van der Waals surface area (Å²) in [4.78, 5) is 24.7. The molecule has 19 heavy (non-hydrogen) atoms. The fourth-order valence-electron chi connectivity index (χ4n) is 2.19. The Hall–Kier alpha value is -1.30. The molecule has 0 aromatic carbocycles. The number of amides is 2. The number of carboxylic acid groups (broad SMARTS) is 1. The molecule has 1 fully saturated rings. The summed E-state index contributed by atoms with van der Waals surface area (Å²) in [5.74, 6) is -1.00. The van der Waals surface area contributed by atoms with Gasteiger partial charge in [-0.1, -0.05) is 13.8 Å². The van der Waals surface area contributed by atoms with E-state index >= 15 is 0 Å². The van der Waals surface area contributed by atoms with Crippen LogP contribution in [0.15, 0.2) is 0 Å². The van der Waals surface area contributed by atoms with E-state index in [1.807, 2.05) is 13.8 Å². The van der Waals surface area contributed by atoms with Gasteiger partial charge in [-0.2, -0.15) is 0 Å². The highest BCUT2D eigenvalue weighted by atomic mass is 16.5. The zero-order valence-electron chi connectivity index (χ0n) is 11.9. The molecule has 0 spiro atoms. The van der Waals surface area contributed by atoms with E-state index < -0.39 is 11.9 Å². The summed E-state index contributed by atoms with van der Waals surface area (Å²) in [5.41, 5.74) is 0. The lowest BCUT2D eigenvalue weighted by molar-refractivity contribution is -0.143. The third-order valence-electron chi connectivity index (χ3n) is 3.52. The molecule has 0 bridgehead atoms. The molecular weight excluding hydrogens is 248 g/mol. The third kappa shape index (κ3) is 4.70. The van der Waals surface area contributed by atoms with Gasteiger partial charge in [0.25, 0.3) is 0 Å². The maximum Gasteiger partial charge on any atom is 0.317 e. The van der Waals surface area contributed by atoms with Crippen molar-refractivity contribution in [3.8, 4) is 0 Å². The highest BCUT2D eigenvalue weighted by molar-refractivity contribution is 5.76. The van der Waals surface area contributed by atoms with Crippen molar-refractivity contribution in [1.29, 1.82) is 0 Å². The fraction of sp³-hybridized carbons (Fsp3) is 0.846. The fourth-order valence-corrected chi connectivity index (χ4v) is 2.19. The largest absolute Gasteiger partial charge is 0.481 e. The molecule has 0 saturated carbocycles. The van der Waals surface area contributed by atoms with Gasteiger partial charge in [0.1, 0.15) is 0 Å². The predicted molar refractivity (Wildman–Crippen MR) is 71.0 cm³/mol. The molecule has 0 aromatic heterocycles. The lowest BCUT2D eigenvalue weighted by Gasteiger charge is -2.33. The Morgan fingerprint density at radius 3 is 2.68 bits per heavy atom. The van der Waals surface area contributed by atoms with E-state index in [1.165, 1.54) is 0 Å². The SMILES string of the molecule is COCC(NC(=O)N1CCC[C@@H](C(=O)O)C1)C(C)C. The third-order valence-corrected chi connectivity index (χ3v) is 3.52. The molecule has 0 aromatic rings. The van der Waals surface area contributed by atoms with Gasteiger partial charge in [0.15, 0.2) is 0 Å². The molecule has 2 atom stereocenters.